The van der Waals surface area contributed by atoms with E-state index in [1.807, 2.05) is 18.2 Å². The van der Waals surface area contributed by atoms with E-state index in [0.717, 1.165) is 44.4 Å². The molecule has 0 fully saturated rings. The summed E-state index contributed by atoms with van der Waals surface area (Å²) in [5.74, 6) is 0.0612. The van der Waals surface area contributed by atoms with Crippen molar-refractivity contribution in [2.45, 2.75) is 206 Å². The topological polar surface area (TPSA) is 93.1 Å². The summed E-state index contributed by atoms with van der Waals surface area (Å²) < 4.78 is 10.5. The van der Waals surface area contributed by atoms with E-state index in [4.69, 9.17) is 9.47 Å². The lowest BCUT2D eigenvalue weighted by molar-refractivity contribution is -0.161. The molecule has 0 aromatic carbocycles. The highest BCUT2D eigenvalue weighted by Crippen LogP contribution is 2.15. The Morgan fingerprint density at radius 3 is 1.69 bits per heavy atom. The fourth-order valence-electron chi connectivity index (χ4n) is 5.90. The van der Waals surface area contributed by atoms with Crippen LogP contribution in [-0.4, -0.2) is 47.6 Å². The van der Waals surface area contributed by atoms with Crippen molar-refractivity contribution in [2.75, 3.05) is 13.2 Å². The van der Waals surface area contributed by atoms with Crippen LogP contribution in [0.3, 0.4) is 0 Å². The third-order valence-corrected chi connectivity index (χ3v) is 9.16. The van der Waals surface area contributed by atoms with E-state index >= 15 is 0 Å². The van der Waals surface area contributed by atoms with Crippen LogP contribution in [0, 0.1) is 5.92 Å². The minimum Gasteiger partial charge on any atom is -0.462 e. The minimum absolute atomic E-state index is 0.127. The molecule has 0 spiro atoms. The molecule has 6 nitrogen and oxygen atoms in total. The van der Waals surface area contributed by atoms with Crippen molar-refractivity contribution in [3.05, 3.63) is 48.6 Å². The fraction of sp³-hybridized carbons (Fsp3) is 0.778. The van der Waals surface area contributed by atoms with Crippen molar-refractivity contribution in [1.29, 1.82) is 0 Å². The van der Waals surface area contributed by atoms with Crippen LogP contribution in [0.1, 0.15) is 194 Å². The molecular weight excluding hydrogens is 636 g/mol. The molecule has 2 N–H and O–H groups in total. The van der Waals surface area contributed by atoms with Gasteiger partial charge in [-0.25, -0.2) is 0 Å². The molecule has 0 aliphatic rings. The van der Waals surface area contributed by atoms with Crippen molar-refractivity contribution in [3.8, 4) is 0 Å². The van der Waals surface area contributed by atoms with Gasteiger partial charge in [0, 0.05) is 12.8 Å². The highest BCUT2D eigenvalue weighted by molar-refractivity contribution is 5.70. The Hall–Kier alpha value is -2.18. The van der Waals surface area contributed by atoms with Gasteiger partial charge in [0.25, 0.3) is 0 Å². The van der Waals surface area contributed by atoms with E-state index in [-0.39, 0.29) is 19.0 Å². The summed E-state index contributed by atoms with van der Waals surface area (Å²) in [5.41, 5.74) is 0. The molecule has 296 valence electrons. The Kier molecular flexibility index (Phi) is 37.4. The van der Waals surface area contributed by atoms with Gasteiger partial charge in [-0.15, -0.1) is 0 Å². The first-order chi connectivity index (χ1) is 24.9. The molecule has 0 unspecified atom stereocenters. The molecule has 0 saturated heterocycles. The summed E-state index contributed by atoms with van der Waals surface area (Å²) in [5, 5.41) is 19.7. The fourth-order valence-corrected chi connectivity index (χ4v) is 5.90. The predicted octanol–water partition coefficient (Wildman–Crippen LogP) is 12.2. The number of rotatable bonds is 37. The Morgan fingerprint density at radius 2 is 1.12 bits per heavy atom. The normalized spacial score (nSPS) is 13.4. The summed E-state index contributed by atoms with van der Waals surface area (Å²) >= 11 is 0. The summed E-state index contributed by atoms with van der Waals surface area (Å²) in [6.45, 7) is 6.31. The van der Waals surface area contributed by atoms with Gasteiger partial charge in [-0.1, -0.05) is 185 Å². The summed E-state index contributed by atoms with van der Waals surface area (Å²) in [6.07, 6.45) is 44.9. The van der Waals surface area contributed by atoms with Crippen LogP contribution >= 0.6 is 0 Å². The summed E-state index contributed by atoms with van der Waals surface area (Å²) in [6, 6.07) is 0. The van der Waals surface area contributed by atoms with E-state index in [1.54, 1.807) is 6.08 Å². The maximum Gasteiger partial charge on any atom is 0.306 e. The molecule has 2 atom stereocenters. The molecule has 0 aliphatic heterocycles. The maximum atomic E-state index is 12.2. The molecule has 6 heteroatoms. The van der Waals surface area contributed by atoms with Gasteiger partial charge in [0.05, 0.1) is 12.7 Å². The van der Waals surface area contributed by atoms with Gasteiger partial charge in [-0.2, -0.15) is 0 Å². The van der Waals surface area contributed by atoms with Gasteiger partial charge in [0.2, 0.25) is 0 Å². The van der Waals surface area contributed by atoms with Crippen molar-refractivity contribution < 1.29 is 29.3 Å². The van der Waals surface area contributed by atoms with Crippen molar-refractivity contribution in [3.63, 3.8) is 0 Å². The highest BCUT2D eigenvalue weighted by Gasteiger charge is 2.16. The number of allylic oxidation sites excluding steroid dienone is 7. The molecule has 0 radical (unpaired) electrons. The van der Waals surface area contributed by atoms with Gasteiger partial charge in [-0.05, 0) is 50.9 Å². The van der Waals surface area contributed by atoms with E-state index in [9.17, 15) is 19.8 Å². The van der Waals surface area contributed by atoms with Gasteiger partial charge in [0.1, 0.15) is 6.61 Å². The standard InChI is InChI=1S/C45H80O6/c1-4-5-6-7-8-9-10-15-19-22-25-28-31-35-42(47)36-33-38-45(49)51-43(39-46)40-50-44(48)37-32-29-26-23-20-17-14-12-11-13-16-18-21-24-27-30-34-41(2)3/h8-9,15,19,25,28,31,35,41-43,46-47H,4-7,10-14,16-18,20-24,26-27,29-30,32-34,36-40H2,1-3H3/b9-8-,19-15-,28-25-,35-31+/t42-,43-/m0/s1. The predicted molar refractivity (Wildman–Crippen MR) is 216 cm³/mol. The lowest BCUT2D eigenvalue weighted by Gasteiger charge is -2.16. The first-order valence-corrected chi connectivity index (χ1v) is 21.2. The number of ether oxygens (including phenoxy) is 2. The van der Waals surface area contributed by atoms with Crippen LogP contribution in [0.2, 0.25) is 0 Å². The zero-order chi connectivity index (χ0) is 37.5. The molecule has 0 rings (SSSR count). The number of carbonyl (C=O) groups excluding carboxylic acids is 2. The lowest BCUT2D eigenvalue weighted by Crippen LogP contribution is -2.28. The lowest BCUT2D eigenvalue weighted by atomic mass is 10.0. The monoisotopic (exact) mass is 717 g/mol. The Morgan fingerprint density at radius 1 is 0.588 bits per heavy atom. The molecule has 0 bridgehead atoms. The van der Waals surface area contributed by atoms with Crippen molar-refractivity contribution in [1.82, 2.24) is 0 Å². The van der Waals surface area contributed by atoms with E-state index in [1.165, 1.54) is 109 Å². The number of hydrogen-bond acceptors (Lipinski definition) is 6. The molecule has 0 amide bonds. The molecule has 0 aromatic heterocycles. The van der Waals surface area contributed by atoms with Gasteiger partial charge >= 0.3 is 11.9 Å². The van der Waals surface area contributed by atoms with Crippen LogP contribution in [0.5, 0.6) is 0 Å². The smallest absolute Gasteiger partial charge is 0.306 e. The van der Waals surface area contributed by atoms with Crippen molar-refractivity contribution >= 4 is 11.9 Å². The SMILES string of the molecule is CCCCC/C=C\C/C=C\C/C=C\C=C\[C@H](O)CCCC(=O)O[C@@H](CO)COC(=O)CCCCCCCCCCCCCCCCCCC(C)C. The van der Waals surface area contributed by atoms with E-state index in [0.29, 0.717) is 19.3 Å². The quantitative estimate of drug-likeness (QED) is 0.0288. The van der Waals surface area contributed by atoms with Crippen LogP contribution in [-0.2, 0) is 19.1 Å². The van der Waals surface area contributed by atoms with Crippen LogP contribution in [0.25, 0.3) is 0 Å². The molecule has 51 heavy (non-hydrogen) atoms. The van der Waals surface area contributed by atoms with E-state index in [2.05, 4.69) is 45.1 Å². The highest BCUT2D eigenvalue weighted by atomic mass is 16.6. The first-order valence-electron chi connectivity index (χ1n) is 21.2. The molecule has 0 saturated carbocycles. The Bertz CT molecular complexity index is 889. The van der Waals surface area contributed by atoms with E-state index < -0.39 is 24.8 Å². The number of unbranched alkanes of at least 4 members (excludes halogenated alkanes) is 18. The second kappa shape index (κ2) is 39.0. The van der Waals surface area contributed by atoms with Crippen LogP contribution < -0.4 is 0 Å². The van der Waals surface area contributed by atoms with Crippen LogP contribution in [0.4, 0.5) is 0 Å². The molecule has 0 heterocycles. The zero-order valence-corrected chi connectivity index (χ0v) is 33.4. The van der Waals surface area contributed by atoms with Gasteiger partial charge in [0.15, 0.2) is 6.10 Å². The minimum atomic E-state index is -0.864. The molecule has 0 aliphatic carbocycles. The van der Waals surface area contributed by atoms with Gasteiger partial charge in [-0.3, -0.25) is 9.59 Å². The van der Waals surface area contributed by atoms with Crippen LogP contribution in [0.15, 0.2) is 48.6 Å². The maximum absolute atomic E-state index is 12.2. The third-order valence-electron chi connectivity index (χ3n) is 9.16. The largest absolute Gasteiger partial charge is 0.462 e. The molecular formula is C45H80O6. The second-order valence-corrected chi connectivity index (χ2v) is 14.7. The number of aliphatic hydroxyl groups excluding tert-OH is 2. The van der Waals surface area contributed by atoms with Crippen molar-refractivity contribution in [2.24, 2.45) is 5.92 Å². The second-order valence-electron chi connectivity index (χ2n) is 14.7. The average molecular weight is 717 g/mol. The summed E-state index contributed by atoms with van der Waals surface area (Å²) in [7, 11) is 0. The molecule has 0 aromatic rings. The number of aliphatic hydroxyl groups is 2. The third kappa shape index (κ3) is 38.9. The number of esters is 2. The average Bonchev–Trinajstić information content (AvgIpc) is 3.11. The number of hydrogen-bond donors (Lipinski definition) is 2. The van der Waals surface area contributed by atoms with Gasteiger partial charge < -0.3 is 19.7 Å². The summed E-state index contributed by atoms with van der Waals surface area (Å²) in [4.78, 5) is 24.3. The Labute approximate surface area is 314 Å². The number of carbonyl (C=O) groups is 2. The Balaban J connectivity index is 3.70. The first kappa shape index (κ1) is 48.8. The zero-order valence-electron chi connectivity index (χ0n) is 33.4.